The highest BCUT2D eigenvalue weighted by atomic mass is 16.6. The first-order valence-electron chi connectivity index (χ1n) is 13.5. The number of ether oxygens (including phenoxy) is 4. The van der Waals surface area contributed by atoms with Gasteiger partial charge in [-0.05, 0) is 66.8 Å². The van der Waals surface area contributed by atoms with E-state index in [1.54, 1.807) is 39.3 Å². The zero-order valence-corrected chi connectivity index (χ0v) is 23.3. The molecule has 2 unspecified atom stereocenters. The fraction of sp³-hybridized carbons (Fsp3) is 0.273. The van der Waals surface area contributed by atoms with Gasteiger partial charge in [0.2, 0.25) is 0 Å². The van der Waals surface area contributed by atoms with Crippen LogP contribution in [0.1, 0.15) is 42.7 Å². The molecule has 3 aromatic rings. The summed E-state index contributed by atoms with van der Waals surface area (Å²) >= 11 is 0. The standard InChI is InChI=1S/C33H33NO7/c1-20-30(33(37)41-15-14-40-25-10-5-4-6-11-25)31(22-8-7-9-24(35)16-22)32-26(34-20)17-23(18-27(32)36)21-12-13-28(38-2)29(19-21)39-3/h4-13,16,19,23,31,34-35H,14-15,17-18H2,1-3H3. The van der Waals surface area contributed by atoms with Crippen molar-refractivity contribution in [3.8, 4) is 23.0 Å². The summed E-state index contributed by atoms with van der Waals surface area (Å²) in [5.41, 5.74) is 3.83. The Balaban J connectivity index is 1.42. The minimum atomic E-state index is -0.681. The number of hydrogen-bond donors (Lipinski definition) is 2. The van der Waals surface area contributed by atoms with Crippen LogP contribution in [0, 0.1) is 0 Å². The van der Waals surface area contributed by atoms with Crippen LogP contribution in [0.3, 0.4) is 0 Å². The van der Waals surface area contributed by atoms with Gasteiger partial charge in [-0.2, -0.15) is 0 Å². The molecular weight excluding hydrogens is 522 g/mol. The Bertz CT molecular complexity index is 1510. The Labute approximate surface area is 239 Å². The van der Waals surface area contributed by atoms with Gasteiger partial charge in [0, 0.05) is 29.3 Å². The third-order valence-corrected chi connectivity index (χ3v) is 7.46. The summed E-state index contributed by atoms with van der Waals surface area (Å²) in [6.07, 6.45) is 0.827. The van der Waals surface area contributed by atoms with Crippen LogP contribution in [0.2, 0.25) is 0 Å². The molecule has 0 bridgehead atoms. The van der Waals surface area contributed by atoms with Crippen molar-refractivity contribution < 1.29 is 33.6 Å². The predicted molar refractivity (Wildman–Crippen MR) is 153 cm³/mol. The molecule has 212 valence electrons. The summed E-state index contributed by atoms with van der Waals surface area (Å²) in [6.45, 7) is 2.03. The minimum absolute atomic E-state index is 0.0402. The van der Waals surface area contributed by atoms with E-state index in [1.807, 2.05) is 54.6 Å². The average molecular weight is 556 g/mol. The van der Waals surface area contributed by atoms with Crippen LogP contribution < -0.4 is 19.5 Å². The normalized spacial score (nSPS) is 18.4. The van der Waals surface area contributed by atoms with Gasteiger partial charge in [-0.25, -0.2) is 4.79 Å². The summed E-state index contributed by atoms with van der Waals surface area (Å²) in [5.74, 6) is 0.574. The maximum atomic E-state index is 13.8. The zero-order chi connectivity index (χ0) is 28.9. The molecule has 0 radical (unpaired) electrons. The van der Waals surface area contributed by atoms with E-state index in [9.17, 15) is 14.7 Å². The molecule has 1 aliphatic heterocycles. The molecule has 0 spiro atoms. The summed E-state index contributed by atoms with van der Waals surface area (Å²) in [5, 5.41) is 13.6. The molecule has 2 aliphatic rings. The van der Waals surface area contributed by atoms with Gasteiger partial charge >= 0.3 is 5.97 Å². The Kier molecular flexibility index (Phi) is 8.29. The number of phenolic OH excluding ortho intramolecular Hbond substituents is 1. The van der Waals surface area contributed by atoms with Crippen LogP contribution >= 0.6 is 0 Å². The number of benzene rings is 3. The van der Waals surface area contributed by atoms with Gasteiger partial charge in [-0.15, -0.1) is 0 Å². The summed E-state index contributed by atoms with van der Waals surface area (Å²) in [4.78, 5) is 27.3. The lowest BCUT2D eigenvalue weighted by Crippen LogP contribution is -2.36. The first kappa shape index (κ1) is 27.8. The van der Waals surface area contributed by atoms with Crippen molar-refractivity contribution in [2.75, 3.05) is 27.4 Å². The van der Waals surface area contributed by atoms with Crippen LogP contribution in [0.5, 0.6) is 23.0 Å². The second-order valence-corrected chi connectivity index (χ2v) is 10.0. The molecule has 41 heavy (non-hydrogen) atoms. The van der Waals surface area contributed by atoms with E-state index in [-0.39, 0.29) is 37.1 Å². The number of rotatable bonds is 9. The molecule has 1 aliphatic carbocycles. The van der Waals surface area contributed by atoms with Crippen LogP contribution in [0.15, 0.2) is 95.3 Å². The smallest absolute Gasteiger partial charge is 0.336 e. The van der Waals surface area contributed by atoms with Crippen LogP contribution in [0.25, 0.3) is 0 Å². The minimum Gasteiger partial charge on any atom is -0.508 e. The van der Waals surface area contributed by atoms with E-state index in [4.69, 9.17) is 18.9 Å². The highest BCUT2D eigenvalue weighted by Gasteiger charge is 2.41. The molecule has 3 aromatic carbocycles. The molecule has 8 heteroatoms. The molecule has 0 amide bonds. The number of ketones is 1. The molecule has 5 rings (SSSR count). The number of para-hydroxylation sites is 1. The second kappa shape index (κ2) is 12.2. The third-order valence-electron chi connectivity index (χ3n) is 7.46. The van der Waals surface area contributed by atoms with Crippen molar-refractivity contribution in [2.24, 2.45) is 0 Å². The van der Waals surface area contributed by atoms with Gasteiger partial charge < -0.3 is 29.4 Å². The first-order valence-corrected chi connectivity index (χ1v) is 13.5. The largest absolute Gasteiger partial charge is 0.508 e. The van der Waals surface area contributed by atoms with Gasteiger partial charge in [0.05, 0.1) is 19.8 Å². The van der Waals surface area contributed by atoms with E-state index in [0.717, 1.165) is 11.3 Å². The van der Waals surface area contributed by atoms with Crippen molar-refractivity contribution in [3.05, 3.63) is 106 Å². The summed E-state index contributed by atoms with van der Waals surface area (Å²) < 4.78 is 22.1. The van der Waals surface area contributed by atoms with E-state index >= 15 is 0 Å². The zero-order valence-electron chi connectivity index (χ0n) is 23.3. The quantitative estimate of drug-likeness (QED) is 0.268. The maximum Gasteiger partial charge on any atom is 0.336 e. The summed E-state index contributed by atoms with van der Waals surface area (Å²) in [7, 11) is 3.17. The number of carbonyl (C=O) groups excluding carboxylic acids is 2. The topological polar surface area (TPSA) is 103 Å². The Morgan fingerprint density at radius 1 is 0.902 bits per heavy atom. The van der Waals surface area contributed by atoms with Gasteiger partial charge in [0.25, 0.3) is 0 Å². The maximum absolute atomic E-state index is 13.8. The number of nitrogens with one attached hydrogen (secondary N) is 1. The fourth-order valence-corrected chi connectivity index (χ4v) is 5.58. The molecule has 1 heterocycles. The molecular formula is C33H33NO7. The molecule has 2 N–H and O–H groups in total. The van der Waals surface area contributed by atoms with Crippen molar-refractivity contribution >= 4 is 11.8 Å². The van der Waals surface area contributed by atoms with E-state index in [2.05, 4.69) is 5.32 Å². The van der Waals surface area contributed by atoms with Crippen molar-refractivity contribution in [1.82, 2.24) is 5.32 Å². The monoisotopic (exact) mass is 555 g/mol. The highest BCUT2D eigenvalue weighted by Crippen LogP contribution is 2.46. The highest BCUT2D eigenvalue weighted by molar-refractivity contribution is 6.04. The Hall–Kier alpha value is -4.72. The second-order valence-electron chi connectivity index (χ2n) is 10.0. The fourth-order valence-electron chi connectivity index (χ4n) is 5.58. The average Bonchev–Trinajstić information content (AvgIpc) is 2.98. The summed E-state index contributed by atoms with van der Waals surface area (Å²) in [6, 6.07) is 21.6. The lowest BCUT2D eigenvalue weighted by molar-refractivity contribution is -0.140. The molecule has 0 fully saturated rings. The number of aromatic hydroxyl groups is 1. The van der Waals surface area contributed by atoms with Crippen molar-refractivity contribution in [1.29, 1.82) is 0 Å². The first-order chi connectivity index (χ1) is 19.9. The SMILES string of the molecule is COc1ccc(C2CC(=O)C3=C(C2)NC(C)=C(C(=O)OCCOc2ccccc2)C3c2cccc(O)c2)cc1OC. The lowest BCUT2D eigenvalue weighted by Gasteiger charge is -2.36. The van der Waals surface area contributed by atoms with E-state index in [1.165, 1.54) is 0 Å². The number of allylic oxidation sites excluding steroid dienone is 3. The third kappa shape index (κ3) is 5.91. The van der Waals surface area contributed by atoms with E-state index < -0.39 is 11.9 Å². The molecule has 8 nitrogen and oxygen atoms in total. The molecule has 2 atom stereocenters. The Morgan fingerprint density at radius 2 is 1.68 bits per heavy atom. The van der Waals surface area contributed by atoms with Gasteiger partial charge in [0.1, 0.15) is 24.7 Å². The number of methoxy groups -OCH3 is 2. The van der Waals surface area contributed by atoms with E-state index in [0.29, 0.717) is 46.1 Å². The number of Topliss-reactive ketones (excluding diaryl/α,β-unsaturated/α-hetero) is 1. The van der Waals surface area contributed by atoms with Crippen molar-refractivity contribution in [3.63, 3.8) is 0 Å². The van der Waals surface area contributed by atoms with Crippen LogP contribution in [-0.2, 0) is 14.3 Å². The molecule has 0 saturated carbocycles. The Morgan fingerprint density at radius 3 is 2.41 bits per heavy atom. The van der Waals surface area contributed by atoms with Gasteiger partial charge in [-0.1, -0.05) is 36.4 Å². The predicted octanol–water partition coefficient (Wildman–Crippen LogP) is 5.39. The number of hydrogen-bond acceptors (Lipinski definition) is 8. The molecule has 0 aromatic heterocycles. The number of phenols is 1. The van der Waals surface area contributed by atoms with Crippen molar-refractivity contribution in [2.45, 2.75) is 31.6 Å². The van der Waals surface area contributed by atoms with Crippen LogP contribution in [0.4, 0.5) is 0 Å². The lowest BCUT2D eigenvalue weighted by atomic mass is 9.71. The number of dihydropyridines is 1. The number of carbonyl (C=O) groups is 2. The van der Waals surface area contributed by atoms with Gasteiger partial charge in [-0.3, -0.25) is 4.79 Å². The molecule has 0 saturated heterocycles. The van der Waals surface area contributed by atoms with Gasteiger partial charge in [0.15, 0.2) is 17.3 Å². The van der Waals surface area contributed by atoms with Crippen LogP contribution in [-0.4, -0.2) is 44.3 Å². The number of esters is 1.